The molecule has 0 aliphatic carbocycles. The fourth-order valence-corrected chi connectivity index (χ4v) is 7.78. The molecule has 2 heterocycles. The van der Waals surface area contributed by atoms with E-state index in [0.29, 0.717) is 0 Å². The van der Waals surface area contributed by atoms with Gasteiger partial charge in [-0.3, -0.25) is 0 Å². The van der Waals surface area contributed by atoms with Crippen LogP contribution in [-0.2, 0) is 0 Å². The molecule has 2 nitrogen and oxygen atoms in total. The lowest BCUT2D eigenvalue weighted by atomic mass is 9.92. The molecule has 0 amide bonds. The molecule has 2 heteroatoms. The van der Waals surface area contributed by atoms with E-state index >= 15 is 0 Å². The Kier molecular flexibility index (Phi) is 6.85. The number of hydrogen-bond donors (Lipinski definition) is 0. The summed E-state index contributed by atoms with van der Waals surface area (Å²) in [5.41, 5.74) is 12.4. The molecule has 0 spiro atoms. The van der Waals surface area contributed by atoms with Gasteiger partial charge in [-0.2, -0.15) is 5.10 Å². The van der Waals surface area contributed by atoms with Crippen molar-refractivity contribution in [3.05, 3.63) is 194 Å². The van der Waals surface area contributed by atoms with Crippen molar-refractivity contribution in [1.82, 2.24) is 9.61 Å². The Morgan fingerprint density at radius 1 is 0.333 bits per heavy atom. The SMILES string of the molecule is c1ccc(-c2cc3ccccc3cc2-c2cc3ccccc3c3c(-c4ccccc4)c(-c4cccc(-c5cccc6ccccc56)c4)nn23)cc1. The molecule has 0 saturated heterocycles. The standard InChI is InChI=1S/C49H32N2/c1-3-15-34(16-4-1)44-30-36-20-7-8-21-37(36)31-45(44)46-32-39-22-10-12-27-43(39)49-47(35-18-5-2-6-19-35)48(50-51(46)49)40-25-13-24-38(29-40)42-28-14-23-33-17-9-11-26-41(33)42/h1-32H. The molecular formula is C49H32N2. The molecule has 0 aliphatic heterocycles. The topological polar surface area (TPSA) is 17.3 Å². The monoisotopic (exact) mass is 648 g/mol. The summed E-state index contributed by atoms with van der Waals surface area (Å²) in [4.78, 5) is 0. The Bertz CT molecular complexity index is 2900. The Labute approximate surface area is 296 Å². The first-order valence-corrected chi connectivity index (χ1v) is 17.5. The van der Waals surface area contributed by atoms with Gasteiger partial charge >= 0.3 is 0 Å². The first-order valence-electron chi connectivity index (χ1n) is 17.5. The van der Waals surface area contributed by atoms with Gasteiger partial charge in [0.1, 0.15) is 5.69 Å². The van der Waals surface area contributed by atoms with Crippen molar-refractivity contribution in [2.45, 2.75) is 0 Å². The van der Waals surface area contributed by atoms with Crippen molar-refractivity contribution in [1.29, 1.82) is 0 Å². The minimum absolute atomic E-state index is 0.961. The van der Waals surface area contributed by atoms with Crippen LogP contribution in [0.15, 0.2) is 194 Å². The van der Waals surface area contributed by atoms with Crippen LogP contribution in [0.25, 0.3) is 93.7 Å². The van der Waals surface area contributed by atoms with Crippen LogP contribution in [0.1, 0.15) is 0 Å². The van der Waals surface area contributed by atoms with Crippen molar-refractivity contribution in [3.63, 3.8) is 0 Å². The van der Waals surface area contributed by atoms with Crippen LogP contribution in [0.4, 0.5) is 0 Å². The molecule has 0 aliphatic rings. The Morgan fingerprint density at radius 3 is 1.65 bits per heavy atom. The van der Waals surface area contributed by atoms with Crippen LogP contribution in [0.3, 0.4) is 0 Å². The van der Waals surface area contributed by atoms with E-state index in [4.69, 9.17) is 5.10 Å². The van der Waals surface area contributed by atoms with Crippen LogP contribution in [0.5, 0.6) is 0 Å². The van der Waals surface area contributed by atoms with Crippen molar-refractivity contribution in [3.8, 4) is 55.9 Å². The van der Waals surface area contributed by atoms with Gasteiger partial charge in [-0.15, -0.1) is 0 Å². The van der Waals surface area contributed by atoms with Crippen molar-refractivity contribution in [2.24, 2.45) is 0 Å². The fraction of sp³-hybridized carbons (Fsp3) is 0. The largest absolute Gasteiger partial charge is 0.231 e. The van der Waals surface area contributed by atoms with Gasteiger partial charge in [0.15, 0.2) is 0 Å². The lowest BCUT2D eigenvalue weighted by Crippen LogP contribution is -1.98. The molecule has 51 heavy (non-hydrogen) atoms. The van der Waals surface area contributed by atoms with Gasteiger partial charge in [0.2, 0.25) is 0 Å². The molecule has 0 atom stereocenters. The Hall–Kier alpha value is -6.77. The zero-order valence-electron chi connectivity index (χ0n) is 27.9. The molecule has 0 unspecified atom stereocenters. The van der Waals surface area contributed by atoms with Gasteiger partial charge < -0.3 is 0 Å². The van der Waals surface area contributed by atoms with E-state index in [0.717, 1.165) is 39.2 Å². The number of rotatable bonds is 5. The zero-order chi connectivity index (χ0) is 33.7. The molecule has 0 fully saturated rings. The first-order chi connectivity index (χ1) is 25.3. The smallest absolute Gasteiger partial charge is 0.101 e. The van der Waals surface area contributed by atoms with Gasteiger partial charge in [0.25, 0.3) is 0 Å². The van der Waals surface area contributed by atoms with Crippen LogP contribution in [-0.4, -0.2) is 9.61 Å². The summed E-state index contributed by atoms with van der Waals surface area (Å²) in [5, 5.41) is 12.9. The number of nitrogens with zero attached hydrogens (tertiary/aromatic N) is 2. The summed E-state index contributed by atoms with van der Waals surface area (Å²) in [6, 6.07) is 69.9. The fourth-order valence-electron chi connectivity index (χ4n) is 7.78. The van der Waals surface area contributed by atoms with Crippen molar-refractivity contribution >= 4 is 37.8 Å². The highest BCUT2D eigenvalue weighted by molar-refractivity contribution is 6.10. The minimum Gasteiger partial charge on any atom is -0.231 e. The van der Waals surface area contributed by atoms with E-state index in [2.05, 4.69) is 199 Å². The molecular weight excluding hydrogens is 617 g/mol. The predicted octanol–water partition coefficient (Wildman–Crippen LogP) is 13.1. The maximum atomic E-state index is 5.61. The maximum Gasteiger partial charge on any atom is 0.101 e. The van der Waals surface area contributed by atoms with E-state index in [1.807, 2.05) is 0 Å². The number of pyridine rings is 1. The summed E-state index contributed by atoms with van der Waals surface area (Å²) >= 11 is 0. The van der Waals surface area contributed by atoms with Crippen LogP contribution in [0.2, 0.25) is 0 Å². The summed E-state index contributed by atoms with van der Waals surface area (Å²) in [6.45, 7) is 0. The lowest BCUT2D eigenvalue weighted by Gasteiger charge is -2.15. The third-order valence-corrected chi connectivity index (χ3v) is 10.2. The second-order valence-electron chi connectivity index (χ2n) is 13.2. The molecule has 8 aromatic carbocycles. The quantitative estimate of drug-likeness (QED) is 0.182. The molecule has 0 N–H and O–H groups in total. The summed E-state index contributed by atoms with van der Waals surface area (Å²) in [7, 11) is 0. The van der Waals surface area contributed by atoms with Gasteiger partial charge in [0, 0.05) is 22.1 Å². The van der Waals surface area contributed by atoms with E-state index < -0.39 is 0 Å². The summed E-state index contributed by atoms with van der Waals surface area (Å²) in [6.07, 6.45) is 0. The van der Waals surface area contributed by atoms with Crippen molar-refractivity contribution in [2.75, 3.05) is 0 Å². The minimum atomic E-state index is 0.961. The molecule has 238 valence electrons. The highest BCUT2D eigenvalue weighted by Crippen LogP contribution is 2.44. The van der Waals surface area contributed by atoms with E-state index in [1.54, 1.807) is 0 Å². The molecule has 0 bridgehead atoms. The molecule has 10 rings (SSSR count). The molecule has 10 aromatic rings. The van der Waals surface area contributed by atoms with Gasteiger partial charge in [-0.1, -0.05) is 170 Å². The first kappa shape index (κ1) is 29.2. The summed E-state index contributed by atoms with van der Waals surface area (Å²) < 4.78 is 2.21. The number of benzene rings is 8. The second-order valence-corrected chi connectivity index (χ2v) is 13.2. The highest BCUT2D eigenvalue weighted by atomic mass is 15.2. The van der Waals surface area contributed by atoms with E-state index in [-0.39, 0.29) is 0 Å². The molecule has 2 aromatic heterocycles. The van der Waals surface area contributed by atoms with E-state index in [9.17, 15) is 0 Å². The number of aromatic nitrogens is 2. The normalized spacial score (nSPS) is 11.5. The number of hydrogen-bond acceptors (Lipinski definition) is 1. The highest BCUT2D eigenvalue weighted by Gasteiger charge is 2.23. The molecule has 0 saturated carbocycles. The number of fused-ring (bicyclic) bond motifs is 5. The lowest BCUT2D eigenvalue weighted by molar-refractivity contribution is 0.980. The Balaban J connectivity index is 1.31. The molecule has 0 radical (unpaired) electrons. The zero-order valence-corrected chi connectivity index (χ0v) is 27.9. The third-order valence-electron chi connectivity index (χ3n) is 10.2. The second kappa shape index (κ2) is 12.0. The van der Waals surface area contributed by atoms with E-state index in [1.165, 1.54) is 54.6 Å². The average Bonchev–Trinajstić information content (AvgIpc) is 3.62. The van der Waals surface area contributed by atoms with Gasteiger partial charge in [-0.05, 0) is 79.0 Å². The third kappa shape index (κ3) is 4.92. The maximum absolute atomic E-state index is 5.61. The summed E-state index contributed by atoms with van der Waals surface area (Å²) in [5.74, 6) is 0. The van der Waals surface area contributed by atoms with Crippen LogP contribution < -0.4 is 0 Å². The van der Waals surface area contributed by atoms with Gasteiger partial charge in [0.05, 0.1) is 11.2 Å². The van der Waals surface area contributed by atoms with Crippen LogP contribution in [0, 0.1) is 0 Å². The average molecular weight is 649 g/mol. The predicted molar refractivity (Wildman–Crippen MR) is 215 cm³/mol. The van der Waals surface area contributed by atoms with Crippen molar-refractivity contribution < 1.29 is 0 Å². The van der Waals surface area contributed by atoms with Gasteiger partial charge in [-0.25, -0.2) is 4.52 Å². The van der Waals surface area contributed by atoms with Crippen LogP contribution >= 0.6 is 0 Å². The Morgan fingerprint density at radius 2 is 0.882 bits per heavy atom.